The molecule has 1 aromatic carbocycles. The van der Waals surface area contributed by atoms with Gasteiger partial charge in [0.05, 0.1) is 34.6 Å². The number of hydrogen-bond donors (Lipinski definition) is 1. The Bertz CT molecular complexity index is 1280. The van der Waals surface area contributed by atoms with Gasteiger partial charge in [-0.25, -0.2) is 18.0 Å². The Morgan fingerprint density at radius 1 is 1.11 bits per heavy atom. The number of fused-ring (bicyclic) bond motifs is 1. The van der Waals surface area contributed by atoms with Crippen LogP contribution in [0.25, 0.3) is 0 Å². The summed E-state index contributed by atoms with van der Waals surface area (Å²) in [5, 5.41) is 1.71. The maximum absolute atomic E-state index is 13.0. The van der Waals surface area contributed by atoms with Gasteiger partial charge in [-0.15, -0.1) is 11.3 Å². The van der Waals surface area contributed by atoms with Crippen LogP contribution in [0.3, 0.4) is 0 Å². The molecule has 1 aliphatic heterocycles. The molecular weight excluding hydrogens is 496 g/mol. The number of amides is 2. The zero-order valence-corrected chi connectivity index (χ0v) is 21.4. The lowest BCUT2D eigenvalue weighted by atomic mass is 10.1. The first kappa shape index (κ1) is 26.4. The van der Waals surface area contributed by atoms with E-state index in [2.05, 4.69) is 5.32 Å². The van der Waals surface area contributed by atoms with Gasteiger partial charge in [0.25, 0.3) is 0 Å². The lowest BCUT2D eigenvalue weighted by molar-refractivity contribution is -0.121. The first-order valence-electron chi connectivity index (χ1n) is 10.9. The van der Waals surface area contributed by atoms with Crippen molar-refractivity contribution in [3.63, 3.8) is 0 Å². The van der Waals surface area contributed by atoms with Crippen LogP contribution in [0.2, 0.25) is 0 Å². The molecule has 1 atom stereocenters. The average Bonchev–Trinajstić information content (AvgIpc) is 3.10. The van der Waals surface area contributed by atoms with E-state index in [-0.39, 0.29) is 45.7 Å². The second-order valence-corrected chi connectivity index (χ2v) is 11.1. The zero-order valence-electron chi connectivity index (χ0n) is 19.7. The Kier molecular flexibility index (Phi) is 7.96. The fourth-order valence-corrected chi connectivity index (χ4v) is 6.30. The van der Waals surface area contributed by atoms with Crippen LogP contribution in [0.15, 0.2) is 29.2 Å². The summed E-state index contributed by atoms with van der Waals surface area (Å²) in [5.41, 5.74) is 0.433. The number of benzene rings is 1. The first-order chi connectivity index (χ1) is 16.5. The van der Waals surface area contributed by atoms with Gasteiger partial charge in [0.15, 0.2) is 9.84 Å². The monoisotopic (exact) mass is 522 g/mol. The summed E-state index contributed by atoms with van der Waals surface area (Å²) < 4.78 is 35.8. The number of anilines is 2. The van der Waals surface area contributed by atoms with Crippen LogP contribution in [0.4, 0.5) is 10.7 Å². The maximum Gasteiger partial charge on any atom is 0.348 e. The minimum atomic E-state index is -3.76. The second-order valence-electron chi connectivity index (χ2n) is 7.76. The number of para-hydroxylation sites is 1. The number of nitrogens with one attached hydrogen (secondary N) is 1. The molecule has 1 unspecified atom stereocenters. The smallest absolute Gasteiger partial charge is 0.348 e. The van der Waals surface area contributed by atoms with E-state index in [1.807, 2.05) is 0 Å². The number of thiophene rings is 1. The van der Waals surface area contributed by atoms with Crippen molar-refractivity contribution < 1.29 is 37.1 Å². The normalized spacial score (nSPS) is 16.7. The topological polar surface area (TPSA) is 136 Å². The van der Waals surface area contributed by atoms with Crippen molar-refractivity contribution in [3.8, 4) is 0 Å². The fraction of sp³-hybridized carbons (Fsp3) is 0.391. The van der Waals surface area contributed by atoms with Gasteiger partial charge in [0.1, 0.15) is 16.4 Å². The van der Waals surface area contributed by atoms with Crippen molar-refractivity contribution in [2.45, 2.75) is 44.3 Å². The lowest BCUT2D eigenvalue weighted by Gasteiger charge is -2.21. The number of sulfone groups is 1. The SMILES string of the molecule is CCOC(=O)c1sc(NC(=O)CN2C(=O)CC(C)S(=O)(=O)c3ccccc32)c(C(=O)OCC)c1C. The maximum atomic E-state index is 13.0. The molecule has 0 spiro atoms. The van der Waals surface area contributed by atoms with Crippen LogP contribution in [-0.4, -0.2) is 57.2 Å². The van der Waals surface area contributed by atoms with E-state index in [1.165, 1.54) is 19.1 Å². The molecule has 2 heterocycles. The molecule has 0 radical (unpaired) electrons. The minimum absolute atomic E-state index is 0.0204. The molecule has 12 heteroatoms. The predicted molar refractivity (Wildman–Crippen MR) is 130 cm³/mol. The van der Waals surface area contributed by atoms with Crippen molar-refractivity contribution in [1.29, 1.82) is 0 Å². The Labute approximate surface area is 207 Å². The summed E-state index contributed by atoms with van der Waals surface area (Å²) >= 11 is 0.863. The van der Waals surface area contributed by atoms with E-state index in [9.17, 15) is 27.6 Å². The summed E-state index contributed by atoms with van der Waals surface area (Å²) in [6, 6.07) is 6.00. The van der Waals surface area contributed by atoms with Crippen molar-refractivity contribution >= 4 is 55.6 Å². The summed E-state index contributed by atoms with van der Waals surface area (Å²) in [4.78, 5) is 52.0. The Balaban J connectivity index is 1.95. The minimum Gasteiger partial charge on any atom is -0.462 e. The van der Waals surface area contributed by atoms with Gasteiger partial charge in [-0.05, 0) is 45.4 Å². The van der Waals surface area contributed by atoms with Crippen molar-refractivity contribution in [3.05, 3.63) is 40.3 Å². The summed E-state index contributed by atoms with van der Waals surface area (Å²) in [7, 11) is -3.76. The van der Waals surface area contributed by atoms with Crippen molar-refractivity contribution in [2.24, 2.45) is 0 Å². The molecule has 0 aliphatic carbocycles. The third kappa shape index (κ3) is 5.22. The van der Waals surface area contributed by atoms with Crippen LogP contribution in [0.5, 0.6) is 0 Å². The fourth-order valence-electron chi connectivity index (χ4n) is 3.66. The van der Waals surface area contributed by atoms with Crippen LogP contribution < -0.4 is 10.2 Å². The highest BCUT2D eigenvalue weighted by Crippen LogP contribution is 2.36. The molecule has 3 rings (SSSR count). The van der Waals surface area contributed by atoms with Gasteiger partial charge in [0.2, 0.25) is 11.8 Å². The molecule has 0 bridgehead atoms. The number of carbonyl (C=O) groups excluding carboxylic acids is 4. The summed E-state index contributed by atoms with van der Waals surface area (Å²) in [6.07, 6.45) is -0.288. The highest BCUT2D eigenvalue weighted by Gasteiger charge is 2.37. The molecule has 2 amide bonds. The molecule has 2 aromatic rings. The van der Waals surface area contributed by atoms with Crippen LogP contribution >= 0.6 is 11.3 Å². The Morgan fingerprint density at radius 2 is 1.74 bits per heavy atom. The molecule has 1 N–H and O–H groups in total. The lowest BCUT2D eigenvalue weighted by Crippen LogP contribution is -2.38. The van der Waals surface area contributed by atoms with Gasteiger partial charge in [-0.2, -0.15) is 0 Å². The van der Waals surface area contributed by atoms with Crippen molar-refractivity contribution in [1.82, 2.24) is 0 Å². The van der Waals surface area contributed by atoms with Crippen LogP contribution in [-0.2, 0) is 28.9 Å². The third-order valence-electron chi connectivity index (χ3n) is 5.40. The highest BCUT2D eigenvalue weighted by atomic mass is 32.2. The van der Waals surface area contributed by atoms with Gasteiger partial charge >= 0.3 is 11.9 Å². The van der Waals surface area contributed by atoms with Gasteiger partial charge in [0, 0.05) is 6.42 Å². The molecule has 0 saturated heterocycles. The highest BCUT2D eigenvalue weighted by molar-refractivity contribution is 7.92. The number of nitrogens with zero attached hydrogens (tertiary/aromatic N) is 1. The van der Waals surface area contributed by atoms with E-state index in [1.54, 1.807) is 32.9 Å². The third-order valence-corrected chi connectivity index (χ3v) is 8.77. The Hall–Kier alpha value is -3.25. The molecule has 10 nitrogen and oxygen atoms in total. The quantitative estimate of drug-likeness (QED) is 0.548. The van der Waals surface area contributed by atoms with Crippen molar-refractivity contribution in [2.75, 3.05) is 30.0 Å². The largest absolute Gasteiger partial charge is 0.462 e. The molecule has 35 heavy (non-hydrogen) atoms. The van der Waals surface area contributed by atoms with Gasteiger partial charge in [-0.3, -0.25) is 9.59 Å². The molecule has 0 saturated carbocycles. The summed E-state index contributed by atoms with van der Waals surface area (Å²) in [5.74, 6) is -2.57. The van der Waals surface area contributed by atoms with E-state index in [0.29, 0.717) is 5.56 Å². The molecule has 1 aromatic heterocycles. The van der Waals surface area contributed by atoms with Crippen LogP contribution in [0.1, 0.15) is 52.8 Å². The number of carbonyl (C=O) groups is 4. The van der Waals surface area contributed by atoms with E-state index < -0.39 is 45.4 Å². The van der Waals surface area contributed by atoms with E-state index in [4.69, 9.17) is 9.47 Å². The molecular formula is C23H26N2O8S2. The Morgan fingerprint density at radius 3 is 2.40 bits per heavy atom. The number of rotatable bonds is 7. The number of hydrogen-bond acceptors (Lipinski definition) is 9. The summed E-state index contributed by atoms with van der Waals surface area (Å²) in [6.45, 7) is 5.99. The molecule has 0 fully saturated rings. The van der Waals surface area contributed by atoms with Crippen LogP contribution in [0, 0.1) is 6.92 Å². The number of ether oxygens (including phenoxy) is 2. The van der Waals surface area contributed by atoms with Gasteiger partial charge in [-0.1, -0.05) is 12.1 Å². The first-order valence-corrected chi connectivity index (χ1v) is 13.3. The second kappa shape index (κ2) is 10.6. The van der Waals surface area contributed by atoms with Gasteiger partial charge < -0.3 is 19.7 Å². The standard InChI is InChI=1S/C23H26N2O8S2/c1-5-32-22(28)19-14(4)20(23(29)33-6-2)34-21(19)24-17(26)12-25-15-9-7-8-10-16(15)35(30,31)13(3)11-18(25)27/h7-10,13H,5-6,11-12H2,1-4H3,(H,24,26). The molecule has 1 aliphatic rings. The molecule has 188 valence electrons. The zero-order chi connectivity index (χ0) is 25.9. The number of esters is 2. The predicted octanol–water partition coefficient (Wildman–Crippen LogP) is 2.95. The van der Waals surface area contributed by atoms with E-state index in [0.717, 1.165) is 16.2 Å². The van der Waals surface area contributed by atoms with E-state index >= 15 is 0 Å². The average molecular weight is 523 g/mol.